The molecule has 0 unspecified atom stereocenters. The smallest absolute Gasteiger partial charge is 0.267 e. The number of carbonyl (C=O) groups excluding carboxylic acids is 2. The Labute approximate surface area is 120 Å². The molecule has 2 aliphatic carbocycles. The molecule has 4 nitrogen and oxygen atoms in total. The molecule has 110 valence electrons. The van der Waals surface area contributed by atoms with Crippen molar-refractivity contribution in [1.82, 2.24) is 10.0 Å². The Morgan fingerprint density at radius 2 is 1.05 bits per heavy atom. The van der Waals surface area contributed by atoms with E-state index in [0.717, 1.165) is 51.4 Å². The molecule has 0 radical (unpaired) electrons. The molecule has 0 atom stereocenters. The summed E-state index contributed by atoms with van der Waals surface area (Å²) in [5.41, 5.74) is 0.168. The van der Waals surface area contributed by atoms with Crippen LogP contribution < -0.4 is 0 Å². The molecule has 20 heavy (non-hydrogen) atoms. The zero-order valence-electron chi connectivity index (χ0n) is 12.1. The molecular weight excluding hydrogens is 252 g/mol. The van der Waals surface area contributed by atoms with E-state index in [-0.39, 0.29) is 29.5 Å². The normalized spacial score (nSPS) is 26.7. The number of carbonyl (C=O) groups is 2. The summed E-state index contributed by atoms with van der Waals surface area (Å²) in [6.07, 6.45) is 11.2. The van der Waals surface area contributed by atoms with Crippen molar-refractivity contribution in [1.29, 1.82) is 0 Å². The summed E-state index contributed by atoms with van der Waals surface area (Å²) in [5, 5.41) is 3.56. The second-order valence-corrected chi connectivity index (χ2v) is 6.36. The average molecular weight is 276 g/mol. The lowest BCUT2D eigenvalue weighted by Crippen LogP contribution is -2.53. The zero-order chi connectivity index (χ0) is 14.1. The Balaban J connectivity index is 1.84. The molecule has 0 spiro atoms. The van der Waals surface area contributed by atoms with Crippen molar-refractivity contribution in [2.24, 2.45) is 0 Å². The van der Waals surface area contributed by atoms with Gasteiger partial charge in [0.25, 0.3) is 11.8 Å². The molecule has 1 saturated heterocycles. The lowest BCUT2D eigenvalue weighted by atomic mass is 9.93. The molecule has 3 fully saturated rings. The molecule has 0 aromatic carbocycles. The summed E-state index contributed by atoms with van der Waals surface area (Å²) in [4.78, 5) is 24.9. The third-order valence-corrected chi connectivity index (χ3v) is 5.01. The van der Waals surface area contributed by atoms with Crippen LogP contribution in [-0.4, -0.2) is 33.9 Å². The van der Waals surface area contributed by atoms with Crippen molar-refractivity contribution in [3.63, 3.8) is 0 Å². The van der Waals surface area contributed by atoms with Gasteiger partial charge in [0, 0.05) is 0 Å². The van der Waals surface area contributed by atoms with Crippen molar-refractivity contribution in [2.45, 2.75) is 76.3 Å². The van der Waals surface area contributed by atoms with E-state index in [9.17, 15) is 9.59 Å². The molecule has 4 heteroatoms. The predicted octanol–water partition coefficient (Wildman–Crippen LogP) is 2.79. The quantitative estimate of drug-likeness (QED) is 0.575. The SMILES string of the molecule is C=C1C(=O)N(C2CCCCC2)N(C2CCCCC2)C1=O. The number of hydrogen-bond acceptors (Lipinski definition) is 2. The molecule has 2 saturated carbocycles. The van der Waals surface area contributed by atoms with E-state index in [2.05, 4.69) is 6.58 Å². The second-order valence-electron chi connectivity index (χ2n) is 6.36. The summed E-state index contributed by atoms with van der Waals surface area (Å²) in [6.45, 7) is 3.72. The number of rotatable bonds is 2. The van der Waals surface area contributed by atoms with Crippen LogP contribution in [0.5, 0.6) is 0 Å². The van der Waals surface area contributed by atoms with E-state index >= 15 is 0 Å². The standard InChI is InChI=1S/C16H24N2O2/c1-12-15(19)17(13-8-4-2-5-9-13)18(16(12)20)14-10-6-3-7-11-14/h13-14H,1-11H2. The summed E-state index contributed by atoms with van der Waals surface area (Å²) in [6, 6.07) is 0.419. The third-order valence-electron chi connectivity index (χ3n) is 5.01. The van der Waals surface area contributed by atoms with Crippen molar-refractivity contribution < 1.29 is 9.59 Å². The van der Waals surface area contributed by atoms with Crippen LogP contribution in [0.1, 0.15) is 64.2 Å². The first-order valence-corrected chi connectivity index (χ1v) is 8.06. The van der Waals surface area contributed by atoms with Gasteiger partial charge in [0.15, 0.2) is 0 Å². The summed E-state index contributed by atoms with van der Waals surface area (Å²) in [7, 11) is 0. The lowest BCUT2D eigenvalue weighted by molar-refractivity contribution is -0.160. The van der Waals surface area contributed by atoms with Gasteiger partial charge in [0.2, 0.25) is 0 Å². The minimum atomic E-state index is -0.146. The molecular formula is C16H24N2O2. The first-order chi connectivity index (χ1) is 9.70. The van der Waals surface area contributed by atoms with Gasteiger partial charge >= 0.3 is 0 Å². The van der Waals surface area contributed by atoms with Crippen LogP contribution >= 0.6 is 0 Å². The van der Waals surface area contributed by atoms with Crippen molar-refractivity contribution in [3.8, 4) is 0 Å². The molecule has 0 aromatic heterocycles. The molecule has 3 rings (SSSR count). The number of hydrogen-bond donors (Lipinski definition) is 0. The molecule has 0 bridgehead atoms. The van der Waals surface area contributed by atoms with Crippen LogP contribution in [0.3, 0.4) is 0 Å². The van der Waals surface area contributed by atoms with Gasteiger partial charge in [-0.3, -0.25) is 9.59 Å². The molecule has 1 heterocycles. The maximum absolute atomic E-state index is 12.4. The van der Waals surface area contributed by atoms with Crippen LogP contribution in [0, 0.1) is 0 Å². The lowest BCUT2D eigenvalue weighted by Gasteiger charge is -2.41. The topological polar surface area (TPSA) is 40.6 Å². The minimum Gasteiger partial charge on any atom is -0.267 e. The fourth-order valence-electron chi connectivity index (χ4n) is 3.90. The highest BCUT2D eigenvalue weighted by molar-refractivity contribution is 6.22. The van der Waals surface area contributed by atoms with Gasteiger partial charge < -0.3 is 0 Å². The van der Waals surface area contributed by atoms with Gasteiger partial charge in [-0.2, -0.15) is 0 Å². The summed E-state index contributed by atoms with van der Waals surface area (Å²) < 4.78 is 0. The summed E-state index contributed by atoms with van der Waals surface area (Å²) >= 11 is 0. The van der Waals surface area contributed by atoms with Crippen LogP contribution in [0.25, 0.3) is 0 Å². The first kappa shape index (κ1) is 13.7. The fourth-order valence-corrected chi connectivity index (χ4v) is 3.90. The molecule has 0 N–H and O–H groups in total. The Hall–Kier alpha value is -1.32. The predicted molar refractivity (Wildman–Crippen MR) is 76.6 cm³/mol. The largest absolute Gasteiger partial charge is 0.277 e. The summed E-state index contributed by atoms with van der Waals surface area (Å²) in [5.74, 6) is -0.292. The van der Waals surface area contributed by atoms with E-state index in [1.54, 1.807) is 10.0 Å². The van der Waals surface area contributed by atoms with E-state index in [0.29, 0.717) is 0 Å². The number of amides is 2. The Kier molecular flexibility index (Phi) is 3.81. The van der Waals surface area contributed by atoms with Gasteiger partial charge in [-0.1, -0.05) is 45.1 Å². The van der Waals surface area contributed by atoms with Crippen LogP contribution in [0.4, 0.5) is 0 Å². The van der Waals surface area contributed by atoms with Crippen LogP contribution in [0.2, 0.25) is 0 Å². The van der Waals surface area contributed by atoms with Crippen molar-refractivity contribution >= 4 is 11.8 Å². The monoisotopic (exact) mass is 276 g/mol. The fraction of sp³-hybridized carbons (Fsp3) is 0.750. The Morgan fingerprint density at radius 1 is 0.700 bits per heavy atom. The third kappa shape index (κ3) is 2.25. The van der Waals surface area contributed by atoms with Gasteiger partial charge in [0.05, 0.1) is 12.1 Å². The van der Waals surface area contributed by atoms with E-state index in [1.807, 2.05) is 0 Å². The highest BCUT2D eigenvalue weighted by Crippen LogP contribution is 2.34. The van der Waals surface area contributed by atoms with E-state index < -0.39 is 0 Å². The van der Waals surface area contributed by atoms with Gasteiger partial charge in [-0.15, -0.1) is 0 Å². The molecule has 2 amide bonds. The molecule has 1 aliphatic heterocycles. The first-order valence-electron chi connectivity index (χ1n) is 8.06. The molecule has 0 aromatic rings. The van der Waals surface area contributed by atoms with Gasteiger partial charge in [0.1, 0.15) is 5.57 Å². The van der Waals surface area contributed by atoms with Crippen molar-refractivity contribution in [3.05, 3.63) is 12.2 Å². The van der Waals surface area contributed by atoms with Crippen LogP contribution in [0.15, 0.2) is 12.2 Å². The minimum absolute atomic E-state index is 0.146. The van der Waals surface area contributed by atoms with Gasteiger partial charge in [-0.05, 0) is 25.7 Å². The van der Waals surface area contributed by atoms with Crippen molar-refractivity contribution in [2.75, 3.05) is 0 Å². The van der Waals surface area contributed by atoms with E-state index in [4.69, 9.17) is 0 Å². The maximum atomic E-state index is 12.4. The number of nitrogens with zero attached hydrogens (tertiary/aromatic N) is 2. The highest BCUT2D eigenvalue weighted by atomic mass is 16.2. The molecule has 3 aliphatic rings. The second kappa shape index (κ2) is 5.58. The van der Waals surface area contributed by atoms with Gasteiger partial charge in [-0.25, -0.2) is 10.0 Å². The Morgan fingerprint density at radius 3 is 1.40 bits per heavy atom. The highest BCUT2D eigenvalue weighted by Gasteiger charge is 2.46. The Bertz CT molecular complexity index is 382. The maximum Gasteiger partial charge on any atom is 0.277 e. The van der Waals surface area contributed by atoms with Crippen LogP contribution in [-0.2, 0) is 9.59 Å². The number of hydrazine groups is 1. The average Bonchev–Trinajstić information content (AvgIpc) is 2.73. The van der Waals surface area contributed by atoms with E-state index in [1.165, 1.54) is 12.8 Å². The zero-order valence-corrected chi connectivity index (χ0v) is 12.1.